The Kier molecular flexibility index (Phi) is 5.13. The molecule has 0 radical (unpaired) electrons. The van der Waals surface area contributed by atoms with Crippen molar-refractivity contribution >= 4 is 22.2 Å². The van der Waals surface area contributed by atoms with Crippen LogP contribution in [0, 0.1) is 12.3 Å². The van der Waals surface area contributed by atoms with Crippen LogP contribution >= 0.6 is 0 Å². The first-order chi connectivity index (χ1) is 11.9. The molecule has 1 spiro atoms. The zero-order valence-corrected chi connectivity index (χ0v) is 15.7. The van der Waals surface area contributed by atoms with Gasteiger partial charge in [-0.25, -0.2) is 5.01 Å². The number of rotatable bonds is 3. The summed E-state index contributed by atoms with van der Waals surface area (Å²) in [4.78, 5) is 0.198. The van der Waals surface area contributed by atoms with Gasteiger partial charge in [-0.15, -0.1) is 4.40 Å². The van der Waals surface area contributed by atoms with Crippen molar-refractivity contribution < 1.29 is 8.42 Å². The van der Waals surface area contributed by atoms with Crippen LogP contribution in [0.2, 0.25) is 0 Å². The molecule has 1 aliphatic heterocycles. The number of sulfonamides is 1. The number of hydrogen-bond acceptors (Lipinski definition) is 3. The van der Waals surface area contributed by atoms with Gasteiger partial charge in [-0.2, -0.15) is 13.5 Å². The molecule has 25 heavy (non-hydrogen) atoms. The van der Waals surface area contributed by atoms with Gasteiger partial charge in [0.05, 0.1) is 11.4 Å². The zero-order valence-electron chi connectivity index (χ0n) is 14.9. The maximum atomic E-state index is 12.6. The monoisotopic (exact) mass is 362 g/mol. The molecular formula is C18H26N4O2S. The first-order valence-electron chi connectivity index (χ1n) is 8.92. The number of nitrogens with zero attached hydrogens (tertiary/aromatic N) is 3. The predicted molar refractivity (Wildman–Crippen MR) is 100 cm³/mol. The molecule has 0 unspecified atom stereocenters. The lowest BCUT2D eigenvalue weighted by molar-refractivity contribution is 0.253. The van der Waals surface area contributed by atoms with Crippen LogP contribution in [0.1, 0.15) is 44.6 Å². The number of nitrogens with one attached hydrogen (secondary N) is 1. The molecule has 6 nitrogen and oxygen atoms in total. The lowest BCUT2D eigenvalue weighted by Crippen LogP contribution is -2.41. The van der Waals surface area contributed by atoms with E-state index in [1.807, 2.05) is 20.1 Å². The summed E-state index contributed by atoms with van der Waals surface area (Å²) in [6, 6.07) is 6.74. The number of benzene rings is 1. The van der Waals surface area contributed by atoms with E-state index in [-0.39, 0.29) is 10.3 Å². The summed E-state index contributed by atoms with van der Waals surface area (Å²) in [5.41, 5.74) is 1.08. The Hall–Kier alpha value is -1.89. The Morgan fingerprint density at radius 1 is 1.24 bits per heavy atom. The van der Waals surface area contributed by atoms with Crippen LogP contribution in [0.5, 0.6) is 0 Å². The van der Waals surface area contributed by atoms with Gasteiger partial charge in [0.15, 0.2) is 0 Å². The Morgan fingerprint density at radius 3 is 2.56 bits per heavy atom. The molecule has 0 atom stereocenters. The second-order valence-electron chi connectivity index (χ2n) is 6.96. The van der Waals surface area contributed by atoms with Gasteiger partial charge in [-0.1, -0.05) is 37.0 Å². The zero-order chi connectivity index (χ0) is 17.9. The average Bonchev–Trinajstić information content (AvgIpc) is 2.99. The van der Waals surface area contributed by atoms with Crippen LogP contribution in [-0.2, 0) is 10.0 Å². The summed E-state index contributed by atoms with van der Waals surface area (Å²) < 4.78 is 29.3. The standard InChI is InChI=1S/C18H26N4O2S/c1-3-19-17(21-25(23,24)16-9-7-15(2)8-10-16)22-14-18(13-20-22)11-5-4-6-12-18/h7-10,13H,3-6,11-12,14H2,1-2H3,(H,19,21). The largest absolute Gasteiger partial charge is 0.354 e. The third-order valence-electron chi connectivity index (χ3n) is 4.89. The third-order valence-corrected chi connectivity index (χ3v) is 6.17. The van der Waals surface area contributed by atoms with Crippen molar-refractivity contribution in [1.82, 2.24) is 10.3 Å². The minimum atomic E-state index is -3.77. The molecule has 0 amide bonds. The minimum absolute atomic E-state index is 0.0715. The number of hydrazone groups is 1. The maximum absolute atomic E-state index is 12.6. The summed E-state index contributed by atoms with van der Waals surface area (Å²) in [5, 5.41) is 9.25. The fourth-order valence-electron chi connectivity index (χ4n) is 3.45. The van der Waals surface area contributed by atoms with Crippen LogP contribution < -0.4 is 5.32 Å². The van der Waals surface area contributed by atoms with Crippen LogP contribution in [-0.4, -0.2) is 38.7 Å². The van der Waals surface area contributed by atoms with Gasteiger partial charge >= 0.3 is 0 Å². The molecule has 136 valence electrons. The van der Waals surface area contributed by atoms with Gasteiger partial charge in [0.2, 0.25) is 5.96 Å². The van der Waals surface area contributed by atoms with Crippen molar-refractivity contribution in [1.29, 1.82) is 0 Å². The Labute approximate surface area is 150 Å². The number of guanidine groups is 1. The molecule has 1 fully saturated rings. The van der Waals surface area contributed by atoms with E-state index in [0.29, 0.717) is 19.0 Å². The molecule has 0 saturated heterocycles. The third kappa shape index (κ3) is 4.03. The van der Waals surface area contributed by atoms with E-state index in [4.69, 9.17) is 0 Å². The molecule has 1 aromatic rings. The van der Waals surface area contributed by atoms with E-state index in [0.717, 1.165) is 18.4 Å². The highest BCUT2D eigenvalue weighted by molar-refractivity contribution is 7.90. The second kappa shape index (κ2) is 7.15. The van der Waals surface area contributed by atoms with Crippen molar-refractivity contribution in [2.24, 2.45) is 14.9 Å². The van der Waals surface area contributed by atoms with Crippen molar-refractivity contribution in [3.63, 3.8) is 0 Å². The fourth-order valence-corrected chi connectivity index (χ4v) is 4.42. The maximum Gasteiger partial charge on any atom is 0.285 e. The Bertz CT molecular complexity index is 763. The minimum Gasteiger partial charge on any atom is -0.354 e. The highest BCUT2D eigenvalue weighted by Crippen LogP contribution is 2.38. The topological polar surface area (TPSA) is 74.1 Å². The van der Waals surface area contributed by atoms with E-state index in [1.54, 1.807) is 29.3 Å². The van der Waals surface area contributed by atoms with E-state index in [2.05, 4.69) is 14.8 Å². The number of hydrogen-bond donors (Lipinski definition) is 1. The lowest BCUT2D eigenvalue weighted by atomic mass is 9.75. The second-order valence-corrected chi connectivity index (χ2v) is 8.56. The quantitative estimate of drug-likeness (QED) is 0.663. The molecule has 1 aromatic carbocycles. The summed E-state index contributed by atoms with van der Waals surface area (Å²) in [5.74, 6) is 0.307. The summed E-state index contributed by atoms with van der Waals surface area (Å²) in [7, 11) is -3.77. The lowest BCUT2D eigenvalue weighted by Gasteiger charge is -2.31. The van der Waals surface area contributed by atoms with Gasteiger partial charge in [-0.3, -0.25) is 0 Å². The summed E-state index contributed by atoms with van der Waals surface area (Å²) in [6.07, 6.45) is 7.89. The molecule has 1 saturated carbocycles. The van der Waals surface area contributed by atoms with Crippen molar-refractivity contribution in [2.45, 2.75) is 50.8 Å². The highest BCUT2D eigenvalue weighted by atomic mass is 32.2. The van der Waals surface area contributed by atoms with Crippen LogP contribution in [0.15, 0.2) is 38.7 Å². The molecule has 3 rings (SSSR count). The van der Waals surface area contributed by atoms with Gasteiger partial charge in [-0.05, 0) is 38.8 Å². The van der Waals surface area contributed by atoms with Crippen molar-refractivity contribution in [2.75, 3.05) is 13.1 Å². The van der Waals surface area contributed by atoms with E-state index >= 15 is 0 Å². The normalized spacial score (nSPS) is 20.2. The van der Waals surface area contributed by atoms with E-state index < -0.39 is 10.0 Å². The molecule has 1 N–H and O–H groups in total. The molecule has 1 heterocycles. The average molecular weight is 362 g/mol. The summed E-state index contributed by atoms with van der Waals surface area (Å²) in [6.45, 7) is 5.13. The number of aryl methyl sites for hydroxylation is 1. The van der Waals surface area contributed by atoms with Crippen LogP contribution in [0.25, 0.3) is 0 Å². The molecule has 2 aliphatic rings. The highest BCUT2D eigenvalue weighted by Gasteiger charge is 2.38. The predicted octanol–water partition coefficient (Wildman–Crippen LogP) is 2.90. The van der Waals surface area contributed by atoms with Gasteiger partial charge in [0.25, 0.3) is 10.0 Å². The smallest absolute Gasteiger partial charge is 0.285 e. The van der Waals surface area contributed by atoms with Crippen molar-refractivity contribution in [3.05, 3.63) is 29.8 Å². The molecule has 1 aliphatic carbocycles. The van der Waals surface area contributed by atoms with Crippen LogP contribution in [0.3, 0.4) is 0 Å². The van der Waals surface area contributed by atoms with Gasteiger partial charge in [0.1, 0.15) is 0 Å². The first-order valence-corrected chi connectivity index (χ1v) is 10.4. The first kappa shape index (κ1) is 17.9. The SMILES string of the molecule is CCN/C(=N\S(=O)(=O)c1ccc(C)cc1)N1CC2(C=N1)CCCCC2. The van der Waals surface area contributed by atoms with Crippen LogP contribution in [0.4, 0.5) is 0 Å². The molecular weight excluding hydrogens is 336 g/mol. The van der Waals surface area contributed by atoms with E-state index in [9.17, 15) is 8.42 Å². The fraction of sp³-hybridized carbons (Fsp3) is 0.556. The van der Waals surface area contributed by atoms with Gasteiger partial charge in [0, 0.05) is 18.2 Å². The van der Waals surface area contributed by atoms with Crippen molar-refractivity contribution in [3.8, 4) is 0 Å². The van der Waals surface area contributed by atoms with Gasteiger partial charge < -0.3 is 5.32 Å². The Balaban J connectivity index is 1.84. The van der Waals surface area contributed by atoms with E-state index in [1.165, 1.54) is 19.3 Å². The molecule has 0 bridgehead atoms. The Morgan fingerprint density at radius 2 is 1.92 bits per heavy atom. The summed E-state index contributed by atoms with van der Waals surface area (Å²) >= 11 is 0. The molecule has 0 aromatic heterocycles. The molecule has 7 heteroatoms.